The number of halogens is 4. The van der Waals surface area contributed by atoms with Gasteiger partial charge in [-0.25, -0.2) is 13.2 Å². The van der Waals surface area contributed by atoms with Crippen LogP contribution in [0.25, 0.3) is 0 Å². The summed E-state index contributed by atoms with van der Waals surface area (Å²) in [5, 5.41) is 29.3. The lowest BCUT2D eigenvalue weighted by Gasteiger charge is -2.35. The van der Waals surface area contributed by atoms with Gasteiger partial charge < -0.3 is 38.5 Å². The van der Waals surface area contributed by atoms with Gasteiger partial charge in [0.15, 0.2) is 28.9 Å². The number of hydrogen-bond acceptors (Lipinski definition) is 11. The number of ether oxygens (including phenoxy) is 2. The quantitative estimate of drug-likeness (QED) is 0.130. The van der Waals surface area contributed by atoms with Gasteiger partial charge in [-0.1, -0.05) is 35.9 Å². The largest absolute Gasteiger partial charge is 0.503 e. The fourth-order valence-electron chi connectivity index (χ4n) is 8.96. The van der Waals surface area contributed by atoms with E-state index in [1.165, 1.54) is 36.8 Å². The van der Waals surface area contributed by atoms with Gasteiger partial charge >= 0.3 is 0 Å². The molecule has 0 radical (unpaired) electrons. The van der Waals surface area contributed by atoms with Crippen molar-refractivity contribution in [1.29, 1.82) is 0 Å². The molecule has 0 amide bonds. The molecule has 0 saturated carbocycles. The zero-order chi connectivity index (χ0) is 49.0. The molecule has 360 valence electrons. The lowest BCUT2D eigenvalue weighted by atomic mass is 10.0. The predicted octanol–water partition coefficient (Wildman–Crippen LogP) is 7.48. The molecule has 3 N–H and O–H groups in total. The van der Waals surface area contributed by atoms with E-state index in [1.54, 1.807) is 25.7 Å². The zero-order valence-electron chi connectivity index (χ0n) is 38.3. The molecule has 3 unspecified atom stereocenters. The van der Waals surface area contributed by atoms with Gasteiger partial charge in [0.2, 0.25) is 16.3 Å². The maximum absolute atomic E-state index is 13.9. The smallest absolute Gasteiger partial charge is 0.223 e. The average molecular weight is 959 g/mol. The Bertz CT molecular complexity index is 2960. The maximum Gasteiger partial charge on any atom is 0.223 e. The molecule has 3 aliphatic rings. The van der Waals surface area contributed by atoms with Crippen molar-refractivity contribution in [3.8, 4) is 28.7 Å². The Balaban J connectivity index is 0.000000151. The van der Waals surface area contributed by atoms with Crippen molar-refractivity contribution < 1.29 is 38.0 Å². The minimum absolute atomic E-state index is 0.0583. The Kier molecular flexibility index (Phi) is 15.4. The SMILES string of the molecule is CC(c1cc(F)cc(F)c1F)N1CCn2cc(O)c(=O)cc2C1.CC(c1ccccc1Cl)N1CCn2cc(O)c(=O)cc2C1.COc1cccc(OC)c1C(C)N1CCn2cc(O)c(=O)cc2C1. The summed E-state index contributed by atoms with van der Waals surface area (Å²) in [4.78, 5) is 41.2. The third kappa shape index (κ3) is 10.8. The van der Waals surface area contributed by atoms with E-state index in [0.717, 1.165) is 64.7 Å². The number of rotatable bonds is 8. The number of benzene rings is 3. The fourth-order valence-corrected chi connectivity index (χ4v) is 9.26. The summed E-state index contributed by atoms with van der Waals surface area (Å²) in [5.74, 6) is -2.25. The normalized spacial score (nSPS) is 16.1. The Labute approximate surface area is 395 Å². The van der Waals surface area contributed by atoms with Crippen molar-refractivity contribution in [2.45, 2.75) is 78.2 Å². The van der Waals surface area contributed by atoms with Crippen LogP contribution in [-0.2, 0) is 39.3 Å². The predicted molar refractivity (Wildman–Crippen MR) is 251 cm³/mol. The second-order valence-corrected chi connectivity index (χ2v) is 17.4. The van der Waals surface area contributed by atoms with Crippen molar-refractivity contribution >= 4 is 11.6 Å². The molecule has 0 saturated heterocycles. The summed E-state index contributed by atoms with van der Waals surface area (Å²) in [6.45, 7) is 11.6. The lowest BCUT2D eigenvalue weighted by molar-refractivity contribution is 0.159. The Morgan fingerprint density at radius 1 is 0.544 bits per heavy atom. The molecule has 0 bridgehead atoms. The number of pyridine rings is 3. The molecule has 3 aromatic carbocycles. The fraction of sp³-hybridized carbons (Fsp3) is 0.340. The topological polar surface area (TPSA) is 155 Å². The van der Waals surface area contributed by atoms with E-state index in [1.807, 2.05) is 56.5 Å². The molecule has 68 heavy (non-hydrogen) atoms. The van der Waals surface area contributed by atoms with Gasteiger partial charge in [-0.15, -0.1) is 0 Å². The molecule has 18 heteroatoms. The van der Waals surface area contributed by atoms with Crippen LogP contribution in [0.2, 0.25) is 5.02 Å². The summed E-state index contributed by atoms with van der Waals surface area (Å²) in [5.41, 5.74) is 3.34. The van der Waals surface area contributed by atoms with E-state index in [2.05, 4.69) is 23.6 Å². The van der Waals surface area contributed by atoms with E-state index >= 15 is 0 Å². The number of fused-ring (bicyclic) bond motifs is 3. The first-order chi connectivity index (χ1) is 32.5. The summed E-state index contributed by atoms with van der Waals surface area (Å²) in [7, 11) is 3.30. The van der Waals surface area contributed by atoms with Gasteiger partial charge in [-0.3, -0.25) is 29.1 Å². The second kappa shape index (κ2) is 21.2. The van der Waals surface area contributed by atoms with Crippen LogP contribution in [0.1, 0.15) is 72.7 Å². The van der Waals surface area contributed by atoms with E-state index in [0.29, 0.717) is 51.0 Å². The number of hydrogen-bond donors (Lipinski definition) is 3. The van der Waals surface area contributed by atoms with Crippen molar-refractivity contribution in [1.82, 2.24) is 28.4 Å². The highest BCUT2D eigenvalue weighted by molar-refractivity contribution is 6.31. The van der Waals surface area contributed by atoms with Crippen LogP contribution >= 0.6 is 11.6 Å². The number of aromatic hydroxyl groups is 3. The Hall–Kier alpha value is -6.53. The molecule has 3 atom stereocenters. The molecule has 0 spiro atoms. The molecule has 0 aliphatic carbocycles. The van der Waals surface area contributed by atoms with Gasteiger partial charge in [0, 0.05) is 129 Å². The van der Waals surface area contributed by atoms with Crippen LogP contribution in [0.5, 0.6) is 28.7 Å². The highest BCUT2D eigenvalue weighted by Gasteiger charge is 2.28. The Morgan fingerprint density at radius 2 is 0.956 bits per heavy atom. The first-order valence-corrected chi connectivity index (χ1v) is 22.4. The monoisotopic (exact) mass is 958 g/mol. The van der Waals surface area contributed by atoms with Gasteiger partial charge in [0.25, 0.3) is 0 Å². The van der Waals surface area contributed by atoms with Crippen molar-refractivity contribution in [3.63, 3.8) is 0 Å². The van der Waals surface area contributed by atoms with Crippen LogP contribution in [0.3, 0.4) is 0 Å². The molecular formula is C50H54ClF3N6O8. The summed E-state index contributed by atoms with van der Waals surface area (Å²) < 4.78 is 57.3. The third-order valence-corrected chi connectivity index (χ3v) is 13.3. The molecule has 3 aromatic heterocycles. The standard InChI is InChI=1S/C18H22N2O4.C16H17ClN2O2.C16H15F3N2O2/c1-12(18-16(23-2)5-4-6-17(18)24-3)19-7-8-20-11-15(22)14(21)9-13(20)10-19;1-11(13-4-2-3-5-14(13)17)18-6-7-19-10-16(21)15(20)8-12(19)9-18;1-9(12-4-10(17)5-13(18)16(12)19)20-2-3-21-8-15(23)14(22)6-11(21)7-20/h4-6,9,11-12,22H,7-8,10H2,1-3H3;2-5,8,10-11,21H,6-7,9H2,1H3;4-6,8-9,23H,2-3,7H2,1H3. The highest BCUT2D eigenvalue weighted by Crippen LogP contribution is 2.38. The second-order valence-electron chi connectivity index (χ2n) is 17.0. The number of methoxy groups -OCH3 is 2. The van der Waals surface area contributed by atoms with E-state index in [4.69, 9.17) is 21.1 Å². The van der Waals surface area contributed by atoms with Crippen molar-refractivity contribution in [3.05, 3.63) is 178 Å². The van der Waals surface area contributed by atoms with E-state index in [9.17, 15) is 42.9 Å². The molecular weight excluding hydrogens is 905 g/mol. The minimum atomic E-state index is -1.22. The first-order valence-electron chi connectivity index (χ1n) is 22.1. The molecule has 9 rings (SSSR count). The summed E-state index contributed by atoms with van der Waals surface area (Å²) >= 11 is 6.27. The van der Waals surface area contributed by atoms with Gasteiger partial charge in [-0.05, 0) is 50.6 Å². The van der Waals surface area contributed by atoms with Crippen molar-refractivity contribution in [2.75, 3.05) is 33.9 Å². The summed E-state index contributed by atoms with van der Waals surface area (Å²) in [6.07, 6.45) is 4.40. The highest BCUT2D eigenvalue weighted by atomic mass is 35.5. The third-order valence-electron chi connectivity index (χ3n) is 12.9. The van der Waals surface area contributed by atoms with Crippen molar-refractivity contribution in [2.24, 2.45) is 0 Å². The van der Waals surface area contributed by atoms with Gasteiger partial charge in [0.1, 0.15) is 17.3 Å². The van der Waals surface area contributed by atoms with Gasteiger partial charge in [0.05, 0.1) is 38.4 Å². The minimum Gasteiger partial charge on any atom is -0.503 e. The van der Waals surface area contributed by atoms with Crippen LogP contribution in [0.15, 0.2) is 106 Å². The molecule has 6 heterocycles. The van der Waals surface area contributed by atoms with E-state index < -0.39 is 28.9 Å². The van der Waals surface area contributed by atoms with Crippen LogP contribution in [0.4, 0.5) is 13.2 Å². The zero-order valence-corrected chi connectivity index (χ0v) is 39.1. The summed E-state index contributed by atoms with van der Waals surface area (Å²) in [6, 6.07) is 19.1. The van der Waals surface area contributed by atoms with Crippen LogP contribution < -0.4 is 25.8 Å². The number of aromatic nitrogens is 3. The molecule has 6 aromatic rings. The molecule has 3 aliphatic heterocycles. The van der Waals surface area contributed by atoms with E-state index in [-0.39, 0.29) is 45.8 Å². The average Bonchev–Trinajstić information content (AvgIpc) is 3.33. The lowest BCUT2D eigenvalue weighted by Crippen LogP contribution is -2.37. The molecule has 14 nitrogen and oxygen atoms in total. The Morgan fingerprint density at radius 3 is 1.38 bits per heavy atom. The van der Waals surface area contributed by atoms with Crippen LogP contribution in [0, 0.1) is 17.5 Å². The van der Waals surface area contributed by atoms with Crippen LogP contribution in [-0.4, -0.2) is 77.6 Å². The van der Waals surface area contributed by atoms with Gasteiger partial charge in [-0.2, -0.15) is 0 Å². The molecule has 0 fully saturated rings. The maximum atomic E-state index is 13.9. The first kappa shape index (κ1) is 49.4. The number of nitrogens with zero attached hydrogens (tertiary/aromatic N) is 6.